The first kappa shape index (κ1) is 17.4. The lowest BCUT2D eigenvalue weighted by Gasteiger charge is -2.09. The smallest absolute Gasteiger partial charge is 0.276 e. The molecule has 2 N–H and O–H groups in total. The highest BCUT2D eigenvalue weighted by molar-refractivity contribution is 9.10. The first-order valence-electron chi connectivity index (χ1n) is 7.76. The Morgan fingerprint density at radius 1 is 1.12 bits per heavy atom. The van der Waals surface area contributed by atoms with Gasteiger partial charge in [0.05, 0.1) is 0 Å². The number of benzene rings is 2. The number of nitrogens with one attached hydrogen (secondary N) is 2. The van der Waals surface area contributed by atoms with Gasteiger partial charge in [-0.3, -0.25) is 20.4 Å². The molecule has 3 rings (SSSR count). The van der Waals surface area contributed by atoms with E-state index in [4.69, 9.17) is 4.74 Å². The van der Waals surface area contributed by atoms with Crippen LogP contribution in [0.4, 0.5) is 4.39 Å². The molecule has 0 heterocycles. The second kappa shape index (κ2) is 7.65. The molecule has 2 amide bonds. The second-order valence-corrected chi connectivity index (χ2v) is 6.67. The monoisotopic (exact) mass is 406 g/mol. The van der Waals surface area contributed by atoms with Crippen LogP contribution in [0.1, 0.15) is 17.9 Å². The normalized spacial score (nSPS) is 18.3. The molecule has 1 saturated carbocycles. The Labute approximate surface area is 152 Å². The number of rotatable bonds is 5. The van der Waals surface area contributed by atoms with Gasteiger partial charge in [-0.15, -0.1) is 0 Å². The Morgan fingerprint density at radius 3 is 2.56 bits per heavy atom. The zero-order valence-corrected chi connectivity index (χ0v) is 14.8. The summed E-state index contributed by atoms with van der Waals surface area (Å²) in [6.45, 7) is -0.219. The van der Waals surface area contributed by atoms with Gasteiger partial charge in [0.1, 0.15) is 11.6 Å². The van der Waals surface area contributed by atoms with E-state index in [9.17, 15) is 14.0 Å². The third-order valence-corrected chi connectivity index (χ3v) is 4.47. The lowest BCUT2D eigenvalue weighted by molar-refractivity contribution is -0.130. The molecule has 0 bridgehead atoms. The van der Waals surface area contributed by atoms with Gasteiger partial charge in [-0.1, -0.05) is 34.1 Å². The number of amides is 2. The molecule has 0 aliphatic heterocycles. The van der Waals surface area contributed by atoms with Crippen molar-refractivity contribution in [1.29, 1.82) is 0 Å². The number of carbonyl (C=O) groups excluding carboxylic acids is 2. The van der Waals surface area contributed by atoms with Crippen molar-refractivity contribution in [3.8, 4) is 5.75 Å². The van der Waals surface area contributed by atoms with Gasteiger partial charge in [-0.05, 0) is 48.2 Å². The van der Waals surface area contributed by atoms with Crippen molar-refractivity contribution < 1.29 is 18.7 Å². The molecule has 1 fully saturated rings. The van der Waals surface area contributed by atoms with Gasteiger partial charge < -0.3 is 4.74 Å². The molecule has 0 spiro atoms. The molecule has 2 aromatic rings. The van der Waals surface area contributed by atoms with Crippen LogP contribution in [0, 0.1) is 11.7 Å². The fraction of sp³-hybridized carbons (Fsp3) is 0.222. The van der Waals surface area contributed by atoms with Crippen molar-refractivity contribution in [1.82, 2.24) is 10.9 Å². The molecule has 1 aliphatic rings. The molecule has 2 atom stereocenters. The molecule has 2 aromatic carbocycles. The third kappa shape index (κ3) is 4.57. The fourth-order valence-electron chi connectivity index (χ4n) is 2.54. The molecule has 130 valence electrons. The molecular weight excluding hydrogens is 391 g/mol. The van der Waals surface area contributed by atoms with E-state index in [-0.39, 0.29) is 30.2 Å². The van der Waals surface area contributed by atoms with Gasteiger partial charge in [0, 0.05) is 10.4 Å². The zero-order valence-electron chi connectivity index (χ0n) is 13.2. The summed E-state index contributed by atoms with van der Waals surface area (Å²) in [4.78, 5) is 23.7. The van der Waals surface area contributed by atoms with E-state index >= 15 is 0 Å². The molecule has 5 nitrogen and oxygen atoms in total. The Hall–Kier alpha value is -2.41. The van der Waals surface area contributed by atoms with Crippen LogP contribution in [0.5, 0.6) is 5.75 Å². The number of halogens is 2. The highest BCUT2D eigenvalue weighted by Gasteiger charge is 2.45. The summed E-state index contributed by atoms with van der Waals surface area (Å²) in [7, 11) is 0. The SMILES string of the molecule is O=C(COc1ccc(Br)cc1)NNC(=O)C1CC1c1ccccc1F. The first-order chi connectivity index (χ1) is 12.0. The van der Waals surface area contributed by atoms with Gasteiger partial charge in [-0.25, -0.2) is 4.39 Å². The Morgan fingerprint density at radius 2 is 1.84 bits per heavy atom. The molecule has 0 saturated heterocycles. The van der Waals surface area contributed by atoms with Gasteiger partial charge in [0.15, 0.2) is 6.61 Å². The highest BCUT2D eigenvalue weighted by Crippen LogP contribution is 2.48. The summed E-state index contributed by atoms with van der Waals surface area (Å²) in [6, 6.07) is 13.4. The average Bonchev–Trinajstić information content (AvgIpc) is 3.40. The molecule has 7 heteroatoms. The van der Waals surface area contributed by atoms with Crippen molar-refractivity contribution in [2.24, 2.45) is 5.92 Å². The van der Waals surface area contributed by atoms with Crippen molar-refractivity contribution in [2.45, 2.75) is 12.3 Å². The van der Waals surface area contributed by atoms with Crippen LogP contribution in [0.15, 0.2) is 53.0 Å². The van der Waals surface area contributed by atoms with E-state index in [0.29, 0.717) is 17.7 Å². The minimum Gasteiger partial charge on any atom is -0.484 e. The molecule has 2 unspecified atom stereocenters. The summed E-state index contributed by atoms with van der Waals surface area (Å²) >= 11 is 3.31. The van der Waals surface area contributed by atoms with E-state index in [0.717, 1.165) is 4.47 Å². The summed E-state index contributed by atoms with van der Waals surface area (Å²) in [5, 5.41) is 0. The lowest BCUT2D eigenvalue weighted by Crippen LogP contribution is -2.44. The van der Waals surface area contributed by atoms with Gasteiger partial charge in [0.25, 0.3) is 5.91 Å². The standard InChI is InChI=1S/C18H16BrFN2O3/c19-11-5-7-12(8-6-11)25-10-17(23)21-22-18(24)15-9-14(15)13-3-1-2-4-16(13)20/h1-8,14-15H,9-10H2,(H,21,23)(H,22,24). The van der Waals surface area contributed by atoms with Crippen LogP contribution in [-0.2, 0) is 9.59 Å². The van der Waals surface area contributed by atoms with Gasteiger partial charge in [0.2, 0.25) is 5.91 Å². The van der Waals surface area contributed by atoms with Crippen molar-refractivity contribution in [3.63, 3.8) is 0 Å². The van der Waals surface area contributed by atoms with Crippen LogP contribution in [0.2, 0.25) is 0 Å². The van der Waals surface area contributed by atoms with Gasteiger partial charge >= 0.3 is 0 Å². The largest absolute Gasteiger partial charge is 0.484 e. The van der Waals surface area contributed by atoms with Crippen LogP contribution in [0.3, 0.4) is 0 Å². The second-order valence-electron chi connectivity index (χ2n) is 5.75. The number of hydrogen-bond acceptors (Lipinski definition) is 3. The zero-order chi connectivity index (χ0) is 17.8. The maximum atomic E-state index is 13.7. The number of hydrazine groups is 1. The Balaban J connectivity index is 1.41. The molecular formula is C18H16BrFN2O3. The number of hydrogen-bond donors (Lipinski definition) is 2. The average molecular weight is 407 g/mol. The van der Waals surface area contributed by atoms with E-state index < -0.39 is 5.91 Å². The van der Waals surface area contributed by atoms with E-state index in [2.05, 4.69) is 26.8 Å². The molecule has 0 aromatic heterocycles. The van der Waals surface area contributed by atoms with E-state index in [1.165, 1.54) is 6.07 Å². The quantitative estimate of drug-likeness (QED) is 0.750. The summed E-state index contributed by atoms with van der Waals surface area (Å²) in [5.74, 6) is -1.03. The molecule has 0 radical (unpaired) electrons. The van der Waals surface area contributed by atoms with Crippen molar-refractivity contribution >= 4 is 27.7 Å². The third-order valence-electron chi connectivity index (χ3n) is 3.94. The maximum Gasteiger partial charge on any atom is 0.276 e. The summed E-state index contributed by atoms with van der Waals surface area (Å²) < 4.78 is 19.9. The Bertz CT molecular complexity index is 782. The Kier molecular flexibility index (Phi) is 5.33. The number of carbonyl (C=O) groups is 2. The maximum absolute atomic E-state index is 13.7. The van der Waals surface area contributed by atoms with Crippen LogP contribution in [0.25, 0.3) is 0 Å². The minimum atomic E-state index is -0.473. The predicted molar refractivity (Wildman–Crippen MR) is 93.2 cm³/mol. The number of ether oxygens (including phenoxy) is 1. The summed E-state index contributed by atoms with van der Waals surface area (Å²) in [5.41, 5.74) is 5.20. The minimum absolute atomic E-state index is 0.142. The first-order valence-corrected chi connectivity index (χ1v) is 8.55. The van der Waals surface area contributed by atoms with E-state index in [1.807, 2.05) is 0 Å². The van der Waals surface area contributed by atoms with Crippen LogP contribution in [-0.4, -0.2) is 18.4 Å². The summed E-state index contributed by atoms with van der Waals surface area (Å²) in [6.07, 6.45) is 0.567. The molecule has 25 heavy (non-hydrogen) atoms. The predicted octanol–water partition coefficient (Wildman–Crippen LogP) is 2.92. The van der Waals surface area contributed by atoms with Crippen molar-refractivity contribution in [2.75, 3.05) is 6.61 Å². The van der Waals surface area contributed by atoms with Crippen molar-refractivity contribution in [3.05, 3.63) is 64.4 Å². The highest BCUT2D eigenvalue weighted by atomic mass is 79.9. The van der Waals surface area contributed by atoms with Crippen LogP contribution >= 0.6 is 15.9 Å². The van der Waals surface area contributed by atoms with E-state index in [1.54, 1.807) is 42.5 Å². The topological polar surface area (TPSA) is 67.4 Å². The fourth-order valence-corrected chi connectivity index (χ4v) is 2.81. The van der Waals surface area contributed by atoms with Crippen LogP contribution < -0.4 is 15.6 Å². The van der Waals surface area contributed by atoms with Gasteiger partial charge in [-0.2, -0.15) is 0 Å². The lowest BCUT2D eigenvalue weighted by atomic mass is 10.1. The molecule has 1 aliphatic carbocycles.